The summed E-state index contributed by atoms with van der Waals surface area (Å²) >= 11 is 5.99. The average molecular weight is 516 g/mol. The van der Waals surface area contributed by atoms with Gasteiger partial charge in [-0.1, -0.05) is 36.7 Å². The number of aliphatic hydroxyl groups excluding tert-OH is 1. The molecule has 1 atom stereocenters. The van der Waals surface area contributed by atoms with Crippen molar-refractivity contribution < 1.29 is 28.6 Å². The van der Waals surface area contributed by atoms with E-state index in [-0.39, 0.29) is 33.6 Å². The number of carbonyl (C=O) groups is 2. The molecular weight excluding hydrogens is 492 g/mol. The number of benzene rings is 2. The Hall–Kier alpha value is -3.40. The summed E-state index contributed by atoms with van der Waals surface area (Å²) in [6.07, 6.45) is 1.03. The highest BCUT2D eigenvalue weighted by Crippen LogP contribution is 2.47. The molecule has 0 fully saturated rings. The molecule has 1 aromatic heterocycles. The average Bonchev–Trinajstić information content (AvgIpc) is 2.96. The summed E-state index contributed by atoms with van der Waals surface area (Å²) < 4.78 is 29.8. The van der Waals surface area contributed by atoms with Crippen LogP contribution in [0.4, 0.5) is 20.3 Å². The summed E-state index contributed by atoms with van der Waals surface area (Å²) in [7, 11) is 0. The summed E-state index contributed by atoms with van der Waals surface area (Å²) in [5.41, 5.74) is -1.78. The second-order valence-electron chi connectivity index (χ2n) is 8.49. The van der Waals surface area contributed by atoms with Gasteiger partial charge in [-0.15, -0.1) is 0 Å². The Morgan fingerprint density at radius 3 is 2.58 bits per heavy atom. The Morgan fingerprint density at radius 2 is 1.92 bits per heavy atom. The fourth-order valence-electron chi connectivity index (χ4n) is 4.25. The van der Waals surface area contributed by atoms with Crippen LogP contribution in [0.15, 0.2) is 60.8 Å². The van der Waals surface area contributed by atoms with E-state index in [0.29, 0.717) is 12.0 Å². The van der Waals surface area contributed by atoms with Crippen molar-refractivity contribution in [3.63, 3.8) is 0 Å². The Labute approximate surface area is 211 Å². The number of halogens is 3. The molecule has 0 unspecified atom stereocenters. The maximum atomic E-state index is 14.9. The quantitative estimate of drug-likeness (QED) is 0.467. The van der Waals surface area contributed by atoms with Crippen molar-refractivity contribution >= 4 is 34.9 Å². The van der Waals surface area contributed by atoms with Crippen molar-refractivity contribution in [1.29, 1.82) is 0 Å². The minimum atomic E-state index is -3.72. The van der Waals surface area contributed by atoms with Crippen LogP contribution in [0.5, 0.6) is 0 Å². The molecule has 3 aromatic rings. The summed E-state index contributed by atoms with van der Waals surface area (Å²) in [6.45, 7) is 0.262. The van der Waals surface area contributed by atoms with E-state index in [1.54, 1.807) is 12.1 Å². The molecule has 0 spiro atoms. The van der Waals surface area contributed by atoms with Crippen molar-refractivity contribution in [3.8, 4) is 0 Å². The van der Waals surface area contributed by atoms with Crippen LogP contribution >= 0.6 is 11.6 Å². The number of aryl methyl sites for hydroxylation is 1. The van der Waals surface area contributed by atoms with Crippen LogP contribution in [0.25, 0.3) is 0 Å². The molecule has 1 aliphatic heterocycles. The fraction of sp³-hybridized carbons (Fsp3) is 0.269. The number of hydrogen-bond acceptors (Lipinski definition) is 5. The smallest absolute Gasteiger partial charge is 0.284 e. The number of amides is 2. The van der Waals surface area contributed by atoms with Gasteiger partial charge in [-0.2, -0.15) is 0 Å². The predicted octanol–water partition coefficient (Wildman–Crippen LogP) is 4.42. The van der Waals surface area contributed by atoms with Gasteiger partial charge >= 0.3 is 0 Å². The van der Waals surface area contributed by atoms with Crippen LogP contribution in [-0.4, -0.2) is 46.1 Å². The molecule has 3 N–H and O–H groups in total. The van der Waals surface area contributed by atoms with E-state index in [1.807, 2.05) is 19.1 Å². The molecular formula is C26H24ClF2N3O4. The molecule has 2 heterocycles. The van der Waals surface area contributed by atoms with Crippen molar-refractivity contribution in [2.24, 2.45) is 0 Å². The number of hydrogen-bond donors (Lipinski definition) is 3. The Kier molecular flexibility index (Phi) is 7.08. The summed E-state index contributed by atoms with van der Waals surface area (Å²) in [5, 5.41) is 23.2. The number of fused-ring (bicyclic) bond motifs is 1. The molecule has 2 aromatic carbocycles. The highest BCUT2D eigenvalue weighted by molar-refractivity contribution is 6.30. The number of nitrogens with one attached hydrogen (secondary N) is 1. The van der Waals surface area contributed by atoms with E-state index in [1.165, 1.54) is 30.5 Å². The van der Waals surface area contributed by atoms with Gasteiger partial charge in [-0.25, -0.2) is 13.8 Å². The van der Waals surface area contributed by atoms with E-state index in [0.717, 1.165) is 16.5 Å². The van der Waals surface area contributed by atoms with Crippen LogP contribution in [0.1, 0.15) is 45.2 Å². The standard InChI is InChI=1S/C26H24ClF2N3O4/c1-2-16-5-3-4-6-19(16)23(34)31-22-10-7-17(14-30-22)24(35)32-12-11-26(28,29)25(36,15-33)20-13-18(27)8-9-21(20)32/h3-10,13-14,33,36H,2,11-12,15H2,1H3,(H,30,31,34)/t25-/m0/s1. The van der Waals surface area contributed by atoms with Gasteiger partial charge in [-0.3, -0.25) is 9.59 Å². The van der Waals surface area contributed by atoms with Crippen molar-refractivity contribution in [2.75, 3.05) is 23.4 Å². The molecule has 0 radical (unpaired) electrons. The third kappa shape index (κ3) is 4.57. The van der Waals surface area contributed by atoms with Crippen molar-refractivity contribution in [1.82, 2.24) is 4.98 Å². The third-order valence-corrected chi connectivity index (χ3v) is 6.55. The van der Waals surface area contributed by atoms with E-state index in [9.17, 15) is 28.6 Å². The number of pyridine rings is 1. The van der Waals surface area contributed by atoms with Gasteiger partial charge in [-0.05, 0) is 48.4 Å². The maximum Gasteiger partial charge on any atom is 0.284 e. The van der Waals surface area contributed by atoms with Gasteiger partial charge in [0.05, 0.1) is 17.9 Å². The first-order valence-corrected chi connectivity index (χ1v) is 11.7. The minimum absolute atomic E-state index is 0.00618. The van der Waals surface area contributed by atoms with Crippen LogP contribution in [0, 0.1) is 0 Å². The highest BCUT2D eigenvalue weighted by Gasteiger charge is 2.56. The molecule has 10 heteroatoms. The summed E-state index contributed by atoms with van der Waals surface area (Å²) in [6, 6.07) is 13.9. The van der Waals surface area contributed by atoms with Gasteiger partial charge in [0.15, 0.2) is 5.60 Å². The first kappa shape index (κ1) is 25.7. The first-order valence-electron chi connectivity index (χ1n) is 11.3. The lowest BCUT2D eigenvalue weighted by Crippen LogP contribution is -2.48. The molecule has 0 aliphatic carbocycles. The molecule has 0 saturated heterocycles. The van der Waals surface area contributed by atoms with Gasteiger partial charge in [0, 0.05) is 35.3 Å². The van der Waals surface area contributed by atoms with E-state index in [2.05, 4.69) is 10.3 Å². The summed E-state index contributed by atoms with van der Waals surface area (Å²) in [5.74, 6) is -4.50. The van der Waals surface area contributed by atoms with E-state index < -0.39 is 37.0 Å². The second-order valence-corrected chi connectivity index (χ2v) is 8.92. The number of rotatable bonds is 5. The third-order valence-electron chi connectivity index (χ3n) is 6.32. The van der Waals surface area contributed by atoms with Crippen LogP contribution in [0.3, 0.4) is 0 Å². The fourth-order valence-corrected chi connectivity index (χ4v) is 4.42. The highest BCUT2D eigenvalue weighted by atomic mass is 35.5. The lowest BCUT2D eigenvalue weighted by atomic mass is 9.86. The Bertz CT molecular complexity index is 1300. The van der Waals surface area contributed by atoms with Crippen LogP contribution in [-0.2, 0) is 12.0 Å². The molecule has 36 heavy (non-hydrogen) atoms. The van der Waals surface area contributed by atoms with Gasteiger partial charge < -0.3 is 20.4 Å². The molecule has 0 bridgehead atoms. The Morgan fingerprint density at radius 1 is 1.17 bits per heavy atom. The largest absolute Gasteiger partial charge is 0.393 e. The van der Waals surface area contributed by atoms with Crippen LogP contribution in [0.2, 0.25) is 5.02 Å². The molecule has 7 nitrogen and oxygen atoms in total. The SMILES string of the molecule is CCc1ccccc1C(=O)Nc1ccc(C(=O)N2CCC(F)(F)[C@](O)(CO)c3cc(Cl)ccc32)cn1. The topological polar surface area (TPSA) is 103 Å². The summed E-state index contributed by atoms with van der Waals surface area (Å²) in [4.78, 5) is 31.2. The van der Waals surface area contributed by atoms with Gasteiger partial charge in [0.2, 0.25) is 0 Å². The Balaban J connectivity index is 1.61. The van der Waals surface area contributed by atoms with Crippen molar-refractivity contribution in [2.45, 2.75) is 31.3 Å². The lowest BCUT2D eigenvalue weighted by molar-refractivity contribution is -0.205. The van der Waals surface area contributed by atoms with E-state index >= 15 is 0 Å². The second kappa shape index (κ2) is 9.93. The van der Waals surface area contributed by atoms with Gasteiger partial charge in [0.25, 0.3) is 17.7 Å². The number of carbonyl (C=O) groups excluding carboxylic acids is 2. The zero-order valence-corrected chi connectivity index (χ0v) is 20.1. The van der Waals surface area contributed by atoms with Crippen molar-refractivity contribution in [3.05, 3.63) is 88.1 Å². The first-order chi connectivity index (χ1) is 17.1. The normalized spacial score (nSPS) is 18.8. The molecule has 2 amide bonds. The predicted molar refractivity (Wildman–Crippen MR) is 132 cm³/mol. The molecule has 188 valence electrons. The lowest BCUT2D eigenvalue weighted by Gasteiger charge is -2.33. The number of anilines is 2. The molecule has 4 rings (SSSR count). The zero-order valence-electron chi connectivity index (χ0n) is 19.3. The zero-order chi connectivity index (χ0) is 26.1. The minimum Gasteiger partial charge on any atom is -0.393 e. The van der Waals surface area contributed by atoms with E-state index in [4.69, 9.17) is 11.6 Å². The van der Waals surface area contributed by atoms with Crippen LogP contribution < -0.4 is 10.2 Å². The number of aliphatic hydroxyl groups is 2. The van der Waals surface area contributed by atoms with Gasteiger partial charge in [0.1, 0.15) is 5.82 Å². The number of nitrogens with zero attached hydrogens (tertiary/aromatic N) is 2. The maximum absolute atomic E-state index is 14.9. The monoisotopic (exact) mass is 515 g/mol. The molecule has 0 saturated carbocycles. The number of alkyl halides is 2. The molecule has 1 aliphatic rings. The number of aromatic nitrogens is 1.